The number of hydrogen-bond donors (Lipinski definition) is 2. The number of amides is 3. The molecule has 1 saturated heterocycles. The fourth-order valence-electron chi connectivity index (χ4n) is 3.27. The van der Waals surface area contributed by atoms with Gasteiger partial charge in [0, 0.05) is 25.0 Å². The average molecular weight is 383 g/mol. The second-order valence-corrected chi connectivity index (χ2v) is 7.21. The predicted molar refractivity (Wildman–Crippen MR) is 105 cm³/mol. The van der Waals surface area contributed by atoms with Crippen LogP contribution in [-0.4, -0.2) is 41.8 Å². The lowest BCUT2D eigenvalue weighted by molar-refractivity contribution is -0.121. The van der Waals surface area contributed by atoms with Crippen LogP contribution in [0.4, 0.5) is 5.69 Å². The second-order valence-electron chi connectivity index (χ2n) is 7.21. The van der Waals surface area contributed by atoms with E-state index in [-0.39, 0.29) is 29.7 Å². The highest BCUT2D eigenvalue weighted by Gasteiger charge is 2.29. The van der Waals surface area contributed by atoms with Gasteiger partial charge in [-0.15, -0.1) is 0 Å². The molecule has 3 amide bonds. The Morgan fingerprint density at radius 3 is 2.43 bits per heavy atom. The van der Waals surface area contributed by atoms with E-state index in [0.29, 0.717) is 42.9 Å². The van der Waals surface area contributed by atoms with E-state index in [1.807, 2.05) is 13.8 Å². The Kier molecular flexibility index (Phi) is 6.13. The second kappa shape index (κ2) is 8.73. The Labute approximate surface area is 164 Å². The number of nitrogens with one attached hydrogen (secondary N) is 2. The smallest absolute Gasteiger partial charge is 0.289 e. The largest absolute Gasteiger partial charge is 0.459 e. The van der Waals surface area contributed by atoms with Gasteiger partial charge in [-0.1, -0.05) is 12.1 Å². The van der Waals surface area contributed by atoms with Gasteiger partial charge in [0.2, 0.25) is 5.91 Å². The molecule has 0 spiro atoms. The fourth-order valence-corrected chi connectivity index (χ4v) is 3.27. The molecule has 3 rings (SSSR count). The minimum absolute atomic E-state index is 0.00674. The topological polar surface area (TPSA) is 91.7 Å². The molecule has 1 aromatic heterocycles. The molecule has 2 aromatic rings. The first kappa shape index (κ1) is 19.7. The maximum Gasteiger partial charge on any atom is 0.289 e. The van der Waals surface area contributed by atoms with Gasteiger partial charge in [-0.2, -0.15) is 0 Å². The number of furan rings is 1. The molecular formula is C21H25N3O4. The lowest BCUT2D eigenvalue weighted by atomic mass is 9.95. The Morgan fingerprint density at radius 1 is 1.07 bits per heavy atom. The van der Waals surface area contributed by atoms with Crippen LogP contribution in [0.3, 0.4) is 0 Å². The van der Waals surface area contributed by atoms with Crippen molar-refractivity contribution in [2.75, 3.05) is 18.4 Å². The van der Waals surface area contributed by atoms with E-state index in [0.717, 1.165) is 0 Å². The first-order valence-electron chi connectivity index (χ1n) is 9.49. The van der Waals surface area contributed by atoms with Crippen LogP contribution in [0.2, 0.25) is 0 Å². The third-order valence-corrected chi connectivity index (χ3v) is 4.73. The van der Waals surface area contributed by atoms with E-state index in [1.165, 1.54) is 6.26 Å². The van der Waals surface area contributed by atoms with Crippen molar-refractivity contribution >= 4 is 23.4 Å². The van der Waals surface area contributed by atoms with E-state index in [2.05, 4.69) is 10.6 Å². The SMILES string of the molecule is CC(C)NC(=O)c1ccccc1NC(=O)C1CCN(C(=O)c2ccco2)CC1. The van der Waals surface area contributed by atoms with E-state index in [1.54, 1.807) is 41.3 Å². The molecular weight excluding hydrogens is 358 g/mol. The number of anilines is 1. The Bertz CT molecular complexity index is 837. The molecule has 1 aliphatic heterocycles. The first-order valence-corrected chi connectivity index (χ1v) is 9.49. The molecule has 0 unspecified atom stereocenters. The summed E-state index contributed by atoms with van der Waals surface area (Å²) in [6.07, 6.45) is 2.61. The normalized spacial score (nSPS) is 14.8. The predicted octanol–water partition coefficient (Wildman–Crippen LogP) is 2.91. The quantitative estimate of drug-likeness (QED) is 0.830. The van der Waals surface area contributed by atoms with Gasteiger partial charge in [0.05, 0.1) is 17.5 Å². The molecule has 0 bridgehead atoms. The number of rotatable bonds is 5. The Hall–Kier alpha value is -3.09. The highest BCUT2D eigenvalue weighted by molar-refractivity contribution is 6.04. The standard InChI is InChI=1S/C21H25N3O4/c1-14(2)22-20(26)16-6-3-4-7-17(16)23-19(25)15-9-11-24(12-10-15)21(27)18-8-5-13-28-18/h3-8,13-15H,9-12H2,1-2H3,(H,22,26)(H,23,25). The van der Waals surface area contributed by atoms with Crippen molar-refractivity contribution in [2.45, 2.75) is 32.7 Å². The summed E-state index contributed by atoms with van der Waals surface area (Å²) in [6, 6.07) is 10.3. The van der Waals surface area contributed by atoms with Gasteiger partial charge in [0.25, 0.3) is 11.8 Å². The molecule has 1 aromatic carbocycles. The van der Waals surface area contributed by atoms with Gasteiger partial charge in [0.1, 0.15) is 0 Å². The molecule has 0 aliphatic carbocycles. The minimum Gasteiger partial charge on any atom is -0.459 e. The summed E-state index contributed by atoms with van der Waals surface area (Å²) in [6.45, 7) is 4.76. The number of likely N-dealkylation sites (tertiary alicyclic amines) is 1. The number of hydrogen-bond acceptors (Lipinski definition) is 4. The van der Waals surface area contributed by atoms with Crippen LogP contribution < -0.4 is 10.6 Å². The van der Waals surface area contributed by atoms with Gasteiger partial charge >= 0.3 is 0 Å². The molecule has 1 aliphatic rings. The lowest BCUT2D eigenvalue weighted by Crippen LogP contribution is -2.41. The summed E-state index contributed by atoms with van der Waals surface area (Å²) in [7, 11) is 0. The number of piperidine rings is 1. The van der Waals surface area contributed by atoms with Crippen molar-refractivity contribution in [3.05, 3.63) is 54.0 Å². The number of carbonyl (C=O) groups excluding carboxylic acids is 3. The molecule has 148 valence electrons. The van der Waals surface area contributed by atoms with Crippen molar-refractivity contribution in [3.8, 4) is 0 Å². The van der Waals surface area contributed by atoms with Crippen molar-refractivity contribution < 1.29 is 18.8 Å². The Balaban J connectivity index is 1.59. The van der Waals surface area contributed by atoms with Crippen LogP contribution in [0.25, 0.3) is 0 Å². The lowest BCUT2D eigenvalue weighted by Gasteiger charge is -2.30. The minimum atomic E-state index is -0.218. The number of carbonyl (C=O) groups is 3. The van der Waals surface area contributed by atoms with Gasteiger partial charge < -0.3 is 20.0 Å². The third kappa shape index (κ3) is 4.60. The van der Waals surface area contributed by atoms with Gasteiger partial charge in [-0.25, -0.2) is 0 Å². The van der Waals surface area contributed by atoms with Crippen molar-refractivity contribution in [2.24, 2.45) is 5.92 Å². The molecule has 0 saturated carbocycles. The summed E-state index contributed by atoms with van der Waals surface area (Å²) in [5.74, 6) is -0.394. The number of nitrogens with zero attached hydrogens (tertiary/aromatic N) is 1. The van der Waals surface area contributed by atoms with Gasteiger partial charge in [0.15, 0.2) is 5.76 Å². The summed E-state index contributed by atoms with van der Waals surface area (Å²) in [5, 5.41) is 5.72. The van der Waals surface area contributed by atoms with Crippen molar-refractivity contribution in [1.82, 2.24) is 10.2 Å². The van der Waals surface area contributed by atoms with Crippen LogP contribution in [0, 0.1) is 5.92 Å². The van der Waals surface area contributed by atoms with Crippen molar-refractivity contribution in [3.63, 3.8) is 0 Å². The van der Waals surface area contributed by atoms with Gasteiger partial charge in [-0.3, -0.25) is 14.4 Å². The first-order chi connectivity index (χ1) is 13.5. The molecule has 1 fully saturated rings. The summed E-state index contributed by atoms with van der Waals surface area (Å²) < 4.78 is 5.16. The van der Waals surface area contributed by atoms with E-state index in [4.69, 9.17) is 4.42 Å². The molecule has 7 heteroatoms. The van der Waals surface area contributed by atoms with Crippen LogP contribution in [0.1, 0.15) is 47.6 Å². The van der Waals surface area contributed by atoms with E-state index >= 15 is 0 Å². The fraction of sp³-hybridized carbons (Fsp3) is 0.381. The Morgan fingerprint density at radius 2 is 1.79 bits per heavy atom. The van der Waals surface area contributed by atoms with Crippen LogP contribution in [0.5, 0.6) is 0 Å². The molecule has 2 heterocycles. The number of para-hydroxylation sites is 1. The highest BCUT2D eigenvalue weighted by Crippen LogP contribution is 2.22. The highest BCUT2D eigenvalue weighted by atomic mass is 16.3. The van der Waals surface area contributed by atoms with E-state index in [9.17, 15) is 14.4 Å². The molecule has 0 atom stereocenters. The summed E-state index contributed by atoms with van der Waals surface area (Å²) in [4.78, 5) is 39.1. The zero-order valence-corrected chi connectivity index (χ0v) is 16.1. The van der Waals surface area contributed by atoms with Crippen LogP contribution >= 0.6 is 0 Å². The van der Waals surface area contributed by atoms with Crippen molar-refractivity contribution in [1.29, 1.82) is 0 Å². The number of benzene rings is 1. The summed E-state index contributed by atoms with van der Waals surface area (Å²) >= 11 is 0. The molecule has 2 N–H and O–H groups in total. The molecule has 0 radical (unpaired) electrons. The average Bonchev–Trinajstić information content (AvgIpc) is 3.22. The maximum absolute atomic E-state index is 12.7. The molecule has 28 heavy (non-hydrogen) atoms. The summed E-state index contributed by atoms with van der Waals surface area (Å²) in [5.41, 5.74) is 0.940. The zero-order chi connectivity index (χ0) is 20.1. The third-order valence-electron chi connectivity index (χ3n) is 4.73. The van der Waals surface area contributed by atoms with Crippen LogP contribution in [0.15, 0.2) is 47.1 Å². The maximum atomic E-state index is 12.7. The van der Waals surface area contributed by atoms with Crippen LogP contribution in [-0.2, 0) is 4.79 Å². The van der Waals surface area contributed by atoms with Gasteiger partial charge in [-0.05, 0) is 51.0 Å². The van der Waals surface area contributed by atoms with E-state index < -0.39 is 0 Å². The zero-order valence-electron chi connectivity index (χ0n) is 16.1. The molecule has 7 nitrogen and oxygen atoms in total. The monoisotopic (exact) mass is 383 g/mol.